The van der Waals surface area contributed by atoms with E-state index in [4.69, 9.17) is 5.73 Å². The lowest BCUT2D eigenvalue weighted by Gasteiger charge is -2.26. The molecule has 1 rings (SSSR count). The Kier molecular flexibility index (Phi) is 5.16. The van der Waals surface area contributed by atoms with Crippen LogP contribution < -0.4 is 10.5 Å². The third kappa shape index (κ3) is 4.81. The number of sulfonamides is 1. The van der Waals surface area contributed by atoms with Gasteiger partial charge in [-0.1, -0.05) is 0 Å². The molecule has 0 aliphatic heterocycles. The summed E-state index contributed by atoms with van der Waals surface area (Å²) in [6.45, 7) is 1.69. The van der Waals surface area contributed by atoms with Crippen molar-refractivity contribution in [1.82, 2.24) is 14.2 Å². The van der Waals surface area contributed by atoms with Gasteiger partial charge in [0.2, 0.25) is 10.0 Å². The monoisotopic (exact) mass is 318 g/mol. The Morgan fingerprint density at radius 1 is 1.52 bits per heavy atom. The van der Waals surface area contributed by atoms with Crippen LogP contribution >= 0.6 is 0 Å². The molecule has 4 N–H and O–H groups in total. The maximum Gasteiger partial charge on any atom is 0.265 e. The van der Waals surface area contributed by atoms with E-state index in [1.165, 1.54) is 30.8 Å². The van der Waals surface area contributed by atoms with Crippen molar-refractivity contribution in [2.45, 2.75) is 17.4 Å². The smallest absolute Gasteiger partial charge is 0.265 e. The molecule has 1 heterocycles. The fourth-order valence-electron chi connectivity index (χ4n) is 2.00. The molecule has 0 aliphatic carbocycles. The molecular formula is C12H22N4O4S. The Hall–Kier alpha value is -1.42. The van der Waals surface area contributed by atoms with Gasteiger partial charge < -0.3 is 20.3 Å². The predicted octanol–water partition coefficient (Wildman–Crippen LogP) is -1.29. The maximum atomic E-state index is 12.2. The molecule has 120 valence electrons. The molecule has 1 amide bonds. The number of likely N-dealkylation sites (N-methyl/N-ethyl adjacent to an activating group) is 1. The molecule has 1 aromatic heterocycles. The lowest BCUT2D eigenvalue weighted by Crippen LogP contribution is -2.47. The van der Waals surface area contributed by atoms with E-state index in [-0.39, 0.29) is 17.1 Å². The molecule has 0 aliphatic rings. The van der Waals surface area contributed by atoms with Crippen molar-refractivity contribution in [1.29, 1.82) is 0 Å². The minimum atomic E-state index is -3.82. The van der Waals surface area contributed by atoms with Crippen molar-refractivity contribution in [2.24, 2.45) is 12.8 Å². The molecule has 0 saturated heterocycles. The minimum Gasteiger partial charge on any atom is -0.387 e. The lowest BCUT2D eigenvalue weighted by atomic mass is 10.1. The summed E-state index contributed by atoms with van der Waals surface area (Å²) in [7, 11) is 1.26. The molecule has 0 bridgehead atoms. The first-order valence-corrected chi connectivity index (χ1v) is 7.76. The highest BCUT2D eigenvalue weighted by atomic mass is 32.2. The highest BCUT2D eigenvalue weighted by Gasteiger charge is 2.26. The summed E-state index contributed by atoms with van der Waals surface area (Å²) in [5.74, 6) is -0.710. The molecule has 21 heavy (non-hydrogen) atoms. The minimum absolute atomic E-state index is 0.0700. The quantitative estimate of drug-likeness (QED) is 0.578. The number of rotatable bonds is 7. The van der Waals surface area contributed by atoms with Crippen LogP contribution in [0.1, 0.15) is 17.4 Å². The second kappa shape index (κ2) is 6.14. The van der Waals surface area contributed by atoms with Gasteiger partial charge in [-0.25, -0.2) is 13.1 Å². The molecule has 0 spiro atoms. The van der Waals surface area contributed by atoms with Gasteiger partial charge in [-0.2, -0.15) is 0 Å². The van der Waals surface area contributed by atoms with E-state index in [0.717, 1.165) is 0 Å². The predicted molar refractivity (Wildman–Crippen MR) is 78.3 cm³/mol. The van der Waals surface area contributed by atoms with Crippen LogP contribution in [0.15, 0.2) is 17.2 Å². The van der Waals surface area contributed by atoms with Crippen molar-refractivity contribution in [3.63, 3.8) is 0 Å². The average molecular weight is 318 g/mol. The van der Waals surface area contributed by atoms with E-state index < -0.39 is 21.5 Å². The first kappa shape index (κ1) is 17.6. The zero-order valence-electron chi connectivity index (χ0n) is 12.6. The Labute approximate surface area is 124 Å². The summed E-state index contributed by atoms with van der Waals surface area (Å²) in [6.07, 6.45) is 1.29. The molecule has 0 aromatic carbocycles. The van der Waals surface area contributed by atoms with Crippen LogP contribution in [0.3, 0.4) is 0 Å². The number of hydrogen-bond donors (Lipinski definition) is 3. The number of nitrogens with zero attached hydrogens (tertiary/aromatic N) is 2. The number of aliphatic hydroxyl groups is 1. The number of carbonyl (C=O) groups is 1. The summed E-state index contributed by atoms with van der Waals surface area (Å²) in [4.78, 5) is 12.8. The van der Waals surface area contributed by atoms with Gasteiger partial charge in [0.25, 0.3) is 5.91 Å². The van der Waals surface area contributed by atoms with Gasteiger partial charge in [0.05, 0.1) is 5.60 Å². The molecule has 0 radical (unpaired) electrons. The molecule has 1 unspecified atom stereocenters. The van der Waals surface area contributed by atoms with Gasteiger partial charge in [-0.3, -0.25) is 4.79 Å². The van der Waals surface area contributed by atoms with Crippen LogP contribution in [-0.4, -0.2) is 61.7 Å². The van der Waals surface area contributed by atoms with Gasteiger partial charge in [-0.15, -0.1) is 0 Å². The summed E-state index contributed by atoms with van der Waals surface area (Å²) in [5, 5.41) is 10.1. The summed E-state index contributed by atoms with van der Waals surface area (Å²) in [6, 6.07) is 1.20. The van der Waals surface area contributed by atoms with E-state index in [2.05, 4.69) is 4.72 Å². The van der Waals surface area contributed by atoms with Crippen LogP contribution in [0.2, 0.25) is 0 Å². The number of aromatic nitrogens is 1. The maximum absolute atomic E-state index is 12.2. The van der Waals surface area contributed by atoms with E-state index in [1.807, 2.05) is 0 Å². The highest BCUT2D eigenvalue weighted by Crippen LogP contribution is 2.14. The van der Waals surface area contributed by atoms with Crippen LogP contribution in [0.25, 0.3) is 0 Å². The lowest BCUT2D eigenvalue weighted by molar-refractivity contribution is 0.0386. The number of hydrogen-bond acceptors (Lipinski definition) is 5. The number of carbonyl (C=O) groups excluding carboxylic acids is 1. The Morgan fingerprint density at radius 2 is 2.10 bits per heavy atom. The van der Waals surface area contributed by atoms with Crippen LogP contribution in [0.5, 0.6) is 0 Å². The number of amides is 1. The van der Waals surface area contributed by atoms with Crippen LogP contribution in [0.4, 0.5) is 0 Å². The van der Waals surface area contributed by atoms with Gasteiger partial charge >= 0.3 is 0 Å². The SMILES string of the molecule is CN(C)CC(C)(O)CNS(=O)(=O)c1cc(C(N)=O)n(C)c1. The van der Waals surface area contributed by atoms with E-state index in [9.17, 15) is 18.3 Å². The van der Waals surface area contributed by atoms with Crippen molar-refractivity contribution in [3.05, 3.63) is 18.0 Å². The summed E-state index contributed by atoms with van der Waals surface area (Å²) >= 11 is 0. The second-order valence-electron chi connectivity index (χ2n) is 5.60. The molecule has 8 nitrogen and oxygen atoms in total. The first-order valence-electron chi connectivity index (χ1n) is 6.27. The third-order valence-corrected chi connectivity index (χ3v) is 4.21. The molecule has 1 atom stereocenters. The van der Waals surface area contributed by atoms with Crippen LogP contribution in [0, 0.1) is 0 Å². The van der Waals surface area contributed by atoms with Crippen molar-refractivity contribution >= 4 is 15.9 Å². The van der Waals surface area contributed by atoms with E-state index in [0.29, 0.717) is 6.54 Å². The van der Waals surface area contributed by atoms with E-state index in [1.54, 1.807) is 19.0 Å². The first-order chi connectivity index (χ1) is 9.44. The highest BCUT2D eigenvalue weighted by molar-refractivity contribution is 7.89. The van der Waals surface area contributed by atoms with Crippen molar-refractivity contribution < 1.29 is 18.3 Å². The fraction of sp³-hybridized carbons (Fsp3) is 0.583. The number of nitrogens with two attached hydrogens (primary N) is 1. The number of primary amides is 1. The number of aryl methyl sites for hydroxylation is 1. The third-order valence-electron chi connectivity index (χ3n) is 2.84. The molecule has 1 aromatic rings. The Morgan fingerprint density at radius 3 is 2.52 bits per heavy atom. The zero-order valence-corrected chi connectivity index (χ0v) is 13.4. The molecular weight excluding hydrogens is 296 g/mol. The van der Waals surface area contributed by atoms with Crippen LogP contribution in [-0.2, 0) is 17.1 Å². The topological polar surface area (TPSA) is 118 Å². The Bertz CT molecular complexity index is 619. The largest absolute Gasteiger partial charge is 0.387 e. The Balaban J connectivity index is 2.88. The van der Waals surface area contributed by atoms with Crippen molar-refractivity contribution in [3.8, 4) is 0 Å². The molecule has 0 saturated carbocycles. The standard InChI is InChI=1S/C12H22N4O4S/c1-12(18,8-15(2)3)7-14-21(19,20)9-5-10(11(13)17)16(4)6-9/h5-6,14,18H,7-8H2,1-4H3,(H2,13,17). The molecule has 9 heteroatoms. The average Bonchev–Trinajstić information content (AvgIpc) is 2.68. The normalized spacial score (nSPS) is 15.1. The van der Waals surface area contributed by atoms with Gasteiger partial charge in [0.1, 0.15) is 10.6 Å². The second-order valence-corrected chi connectivity index (χ2v) is 7.36. The fourth-order valence-corrected chi connectivity index (χ4v) is 3.23. The van der Waals surface area contributed by atoms with Gasteiger partial charge in [0.15, 0.2) is 0 Å². The summed E-state index contributed by atoms with van der Waals surface area (Å²) < 4.78 is 28.0. The van der Waals surface area contributed by atoms with Gasteiger partial charge in [-0.05, 0) is 27.1 Å². The zero-order chi connectivity index (χ0) is 16.4. The number of nitrogens with one attached hydrogen (secondary N) is 1. The molecule has 0 fully saturated rings. The van der Waals surface area contributed by atoms with E-state index >= 15 is 0 Å². The van der Waals surface area contributed by atoms with Crippen molar-refractivity contribution in [2.75, 3.05) is 27.2 Å². The summed E-state index contributed by atoms with van der Waals surface area (Å²) in [5.41, 5.74) is 4.03. The van der Waals surface area contributed by atoms with Gasteiger partial charge in [0, 0.05) is 26.3 Å².